The monoisotopic (exact) mass is 449 g/mol. The van der Waals surface area contributed by atoms with Gasteiger partial charge in [0.25, 0.3) is 0 Å². The maximum Gasteiger partial charge on any atom is 0.434 e. The minimum absolute atomic E-state index is 0.0554. The van der Waals surface area contributed by atoms with E-state index >= 15 is 0 Å². The van der Waals surface area contributed by atoms with Gasteiger partial charge in [-0.15, -0.1) is 0 Å². The molecule has 0 bridgehead atoms. The van der Waals surface area contributed by atoms with Gasteiger partial charge in [-0.25, -0.2) is 9.59 Å². The largest absolute Gasteiger partial charge is 0.451 e. The maximum atomic E-state index is 12.9. The molecule has 1 saturated heterocycles. The van der Waals surface area contributed by atoms with E-state index in [1.807, 2.05) is 0 Å². The van der Waals surface area contributed by atoms with Crippen LogP contribution in [0.15, 0.2) is 42.6 Å². The van der Waals surface area contributed by atoms with Gasteiger partial charge in [-0.1, -0.05) is 18.2 Å². The molecule has 0 saturated carbocycles. The quantitative estimate of drug-likeness (QED) is 0.633. The predicted molar refractivity (Wildman–Crippen MR) is 125 cm³/mol. The Kier molecular flexibility index (Phi) is 5.87. The summed E-state index contributed by atoms with van der Waals surface area (Å²) in [5, 5.41) is 10.8. The topological polar surface area (TPSA) is 97.7 Å². The Morgan fingerprint density at radius 2 is 2.03 bits per heavy atom. The number of carbonyl (C=O) groups is 2. The van der Waals surface area contributed by atoms with Crippen molar-refractivity contribution >= 4 is 34.4 Å². The fourth-order valence-corrected chi connectivity index (χ4v) is 4.78. The number of amides is 2. The molecule has 33 heavy (non-hydrogen) atoms. The Morgan fingerprint density at radius 1 is 1.15 bits per heavy atom. The summed E-state index contributed by atoms with van der Waals surface area (Å²) in [4.78, 5) is 27.2. The van der Waals surface area contributed by atoms with Crippen LogP contribution in [0.25, 0.3) is 10.9 Å². The first-order chi connectivity index (χ1) is 16.2. The van der Waals surface area contributed by atoms with Crippen molar-refractivity contribution in [3.05, 3.63) is 53.7 Å². The molecule has 5 rings (SSSR count). The normalized spacial score (nSPS) is 18.0. The molecule has 9 heteroatoms. The van der Waals surface area contributed by atoms with Crippen LogP contribution in [-0.2, 0) is 15.9 Å². The number of ether oxygens (including phenoxy) is 2. The summed E-state index contributed by atoms with van der Waals surface area (Å²) in [6.07, 6.45) is 3.76. The summed E-state index contributed by atoms with van der Waals surface area (Å²) >= 11 is 0. The molecule has 1 aliphatic heterocycles. The third-order valence-electron chi connectivity index (χ3n) is 6.32. The van der Waals surface area contributed by atoms with Gasteiger partial charge >= 0.3 is 12.1 Å². The van der Waals surface area contributed by atoms with E-state index in [1.165, 1.54) is 28.6 Å². The molecule has 3 aromatic rings. The number of rotatable bonds is 3. The number of nitrogens with zero attached hydrogens (tertiary/aromatic N) is 3. The highest BCUT2D eigenvalue weighted by molar-refractivity contribution is 6.02. The van der Waals surface area contributed by atoms with Gasteiger partial charge in [0.05, 0.1) is 37.2 Å². The number of benzene rings is 2. The van der Waals surface area contributed by atoms with Crippen molar-refractivity contribution in [2.24, 2.45) is 0 Å². The van der Waals surface area contributed by atoms with Gasteiger partial charge in [-0.3, -0.25) is 0 Å². The van der Waals surface area contributed by atoms with Crippen LogP contribution in [0.1, 0.15) is 30.0 Å². The van der Waals surface area contributed by atoms with E-state index in [1.54, 1.807) is 24.4 Å². The highest BCUT2D eigenvalue weighted by atomic mass is 16.5. The molecule has 2 amide bonds. The number of urea groups is 1. The highest BCUT2D eigenvalue weighted by Gasteiger charge is 2.28. The molecule has 2 heterocycles. The first-order valence-electron chi connectivity index (χ1n) is 11.2. The number of methoxy groups -OCH3 is 1. The Hall–Kier alpha value is -3.59. The summed E-state index contributed by atoms with van der Waals surface area (Å²) in [5.74, 6) is 0. The highest BCUT2D eigenvalue weighted by Crippen LogP contribution is 2.37. The average Bonchev–Trinajstić information content (AvgIpc) is 3.34. The van der Waals surface area contributed by atoms with Crippen molar-refractivity contribution < 1.29 is 19.1 Å². The number of carbonyl (C=O) groups excluding carboxylic acids is 2. The number of nitrogens with one attached hydrogen (secondary N) is 2. The lowest BCUT2D eigenvalue weighted by molar-refractivity contribution is 0.152. The van der Waals surface area contributed by atoms with Crippen LogP contribution in [0.2, 0.25) is 0 Å². The van der Waals surface area contributed by atoms with Gasteiger partial charge in [-0.05, 0) is 48.6 Å². The minimum atomic E-state index is -0.582. The van der Waals surface area contributed by atoms with Gasteiger partial charge in [0, 0.05) is 30.8 Å². The summed E-state index contributed by atoms with van der Waals surface area (Å²) in [6.45, 7) is 3.42. The molecule has 1 aromatic heterocycles. The Labute approximate surface area is 191 Å². The van der Waals surface area contributed by atoms with E-state index in [0.717, 1.165) is 45.6 Å². The number of anilines is 2. The van der Waals surface area contributed by atoms with Crippen LogP contribution in [0.4, 0.5) is 21.0 Å². The van der Waals surface area contributed by atoms with Crippen LogP contribution < -0.4 is 15.5 Å². The van der Waals surface area contributed by atoms with Crippen molar-refractivity contribution in [1.82, 2.24) is 15.1 Å². The van der Waals surface area contributed by atoms with E-state index in [4.69, 9.17) is 9.47 Å². The van der Waals surface area contributed by atoms with Gasteiger partial charge in [0.15, 0.2) is 0 Å². The van der Waals surface area contributed by atoms with Gasteiger partial charge < -0.3 is 25.0 Å². The standard InChI is InChI=1S/C24H27N5O4/c1-32-24(31)29-22-8-3-6-19(18(22)15-25-29)26-23(30)27-20-10-9-17-16(20)5-2-7-21(17)28-11-4-13-33-14-12-28/h2-3,5-8,15,20H,4,9-14H2,1H3,(H2,26,27,30). The molecule has 1 unspecified atom stereocenters. The zero-order chi connectivity index (χ0) is 22.8. The van der Waals surface area contributed by atoms with E-state index in [0.29, 0.717) is 16.6 Å². The van der Waals surface area contributed by atoms with Crippen molar-refractivity contribution in [2.45, 2.75) is 25.3 Å². The molecule has 0 spiro atoms. The van der Waals surface area contributed by atoms with Crippen LogP contribution in [0.5, 0.6) is 0 Å². The number of hydrogen-bond donors (Lipinski definition) is 2. The molecule has 2 N–H and O–H groups in total. The van der Waals surface area contributed by atoms with Crippen molar-refractivity contribution in [2.75, 3.05) is 43.6 Å². The lowest BCUT2D eigenvalue weighted by Gasteiger charge is -2.25. The third-order valence-corrected chi connectivity index (χ3v) is 6.32. The Bertz CT molecular complexity index is 1180. The lowest BCUT2D eigenvalue weighted by Crippen LogP contribution is -2.31. The summed E-state index contributed by atoms with van der Waals surface area (Å²) in [7, 11) is 1.30. The fraction of sp³-hybridized carbons (Fsp3) is 0.375. The molecular weight excluding hydrogens is 422 g/mol. The first kappa shape index (κ1) is 21.3. The fourth-order valence-electron chi connectivity index (χ4n) is 4.78. The van der Waals surface area contributed by atoms with Gasteiger partial charge in [0.1, 0.15) is 0 Å². The summed E-state index contributed by atoms with van der Waals surface area (Å²) in [5.41, 5.74) is 4.88. The number of fused-ring (bicyclic) bond motifs is 2. The maximum absolute atomic E-state index is 12.9. The Balaban J connectivity index is 1.32. The van der Waals surface area contributed by atoms with E-state index < -0.39 is 6.09 Å². The number of hydrogen-bond acceptors (Lipinski definition) is 6. The molecule has 1 fully saturated rings. The predicted octanol–water partition coefficient (Wildman–Crippen LogP) is 3.69. The molecule has 2 aliphatic rings. The van der Waals surface area contributed by atoms with Crippen LogP contribution in [0.3, 0.4) is 0 Å². The Morgan fingerprint density at radius 3 is 2.91 bits per heavy atom. The summed E-state index contributed by atoms with van der Waals surface area (Å²) in [6, 6.07) is 11.3. The van der Waals surface area contributed by atoms with Gasteiger partial charge in [-0.2, -0.15) is 9.78 Å². The van der Waals surface area contributed by atoms with E-state index in [-0.39, 0.29) is 12.1 Å². The second-order valence-corrected chi connectivity index (χ2v) is 8.25. The average molecular weight is 450 g/mol. The summed E-state index contributed by atoms with van der Waals surface area (Å²) < 4.78 is 11.5. The SMILES string of the molecule is COC(=O)n1ncc2c(NC(=O)NC3CCc4c3cccc4N3CCCOCC3)cccc21. The molecular formula is C24H27N5O4. The van der Waals surface area contributed by atoms with Crippen molar-refractivity contribution in [3.8, 4) is 0 Å². The first-order valence-corrected chi connectivity index (χ1v) is 11.2. The van der Waals surface area contributed by atoms with Gasteiger partial charge in [0.2, 0.25) is 0 Å². The zero-order valence-corrected chi connectivity index (χ0v) is 18.5. The number of aromatic nitrogens is 2. The van der Waals surface area contributed by atoms with Crippen molar-refractivity contribution in [1.29, 1.82) is 0 Å². The van der Waals surface area contributed by atoms with E-state index in [9.17, 15) is 9.59 Å². The molecule has 1 atom stereocenters. The smallest absolute Gasteiger partial charge is 0.434 e. The van der Waals surface area contributed by atoms with Crippen molar-refractivity contribution in [3.63, 3.8) is 0 Å². The van der Waals surface area contributed by atoms with Crippen LogP contribution in [0, 0.1) is 0 Å². The minimum Gasteiger partial charge on any atom is -0.451 e. The molecule has 0 radical (unpaired) electrons. The molecule has 172 valence electrons. The second-order valence-electron chi connectivity index (χ2n) is 8.25. The molecule has 9 nitrogen and oxygen atoms in total. The molecule has 1 aliphatic carbocycles. The second kappa shape index (κ2) is 9.11. The van der Waals surface area contributed by atoms with E-state index in [2.05, 4.69) is 38.8 Å². The van der Waals surface area contributed by atoms with Crippen LogP contribution in [-0.4, -0.2) is 55.3 Å². The third kappa shape index (κ3) is 4.11. The molecule has 2 aromatic carbocycles. The van der Waals surface area contributed by atoms with Crippen LogP contribution >= 0.6 is 0 Å². The zero-order valence-electron chi connectivity index (χ0n) is 18.5. The lowest BCUT2D eigenvalue weighted by atomic mass is 10.1.